The molecule has 2 N–H and O–H groups in total. The second kappa shape index (κ2) is 5.69. The Kier molecular flexibility index (Phi) is 3.75. The Hall–Kier alpha value is -2.14. The number of nitrogens with zero attached hydrogens (tertiary/aromatic N) is 2. The fourth-order valence-electron chi connectivity index (χ4n) is 2.69. The van der Waals surface area contributed by atoms with Gasteiger partial charge in [-0.3, -0.25) is 4.79 Å². The predicted molar refractivity (Wildman–Crippen MR) is 84.0 cm³/mol. The molecule has 0 fully saturated rings. The molecule has 0 aromatic carbocycles. The molecule has 1 aliphatic rings. The van der Waals surface area contributed by atoms with Crippen molar-refractivity contribution in [1.29, 1.82) is 0 Å². The summed E-state index contributed by atoms with van der Waals surface area (Å²) < 4.78 is 0. The third-order valence-electron chi connectivity index (χ3n) is 3.82. The van der Waals surface area contributed by atoms with E-state index in [1.165, 1.54) is 5.56 Å². The van der Waals surface area contributed by atoms with Crippen molar-refractivity contribution in [3.63, 3.8) is 0 Å². The summed E-state index contributed by atoms with van der Waals surface area (Å²) in [5, 5.41) is 4.13. The smallest absolute Gasteiger partial charge is 0.247 e. The number of likely N-dealkylation sites (N-methyl/N-ethyl adjacent to an activating group) is 1. The molecule has 0 saturated carbocycles. The van der Waals surface area contributed by atoms with E-state index >= 15 is 0 Å². The zero-order valence-corrected chi connectivity index (χ0v) is 12.4. The Labute approximate surface area is 124 Å². The highest BCUT2D eigenvalue weighted by Gasteiger charge is 2.17. The van der Waals surface area contributed by atoms with E-state index in [0.717, 1.165) is 41.6 Å². The number of amides is 1. The first-order valence-corrected chi connectivity index (χ1v) is 7.23. The standard InChI is InChI=1S/C16H20N4O/c1-20(2)8-7-18-16(21)12-4-3-11-5-6-17-15-14(11)13(9-12)10-19-15/h5-6,9-10H,3-4,7-8H2,1-2H3,(H,17,19)(H,18,21). The molecule has 0 radical (unpaired) electrons. The van der Waals surface area contributed by atoms with Crippen molar-refractivity contribution in [3.8, 4) is 0 Å². The maximum atomic E-state index is 12.3. The molecule has 110 valence electrons. The fourth-order valence-corrected chi connectivity index (χ4v) is 2.69. The maximum Gasteiger partial charge on any atom is 0.247 e. The van der Waals surface area contributed by atoms with Crippen LogP contribution in [0.3, 0.4) is 0 Å². The average molecular weight is 284 g/mol. The molecule has 0 bridgehead atoms. The Morgan fingerprint density at radius 2 is 2.29 bits per heavy atom. The van der Waals surface area contributed by atoms with Gasteiger partial charge in [0.25, 0.3) is 0 Å². The lowest BCUT2D eigenvalue weighted by Crippen LogP contribution is -2.32. The molecular formula is C16H20N4O. The first-order valence-electron chi connectivity index (χ1n) is 7.23. The number of aryl methyl sites for hydroxylation is 1. The second-order valence-corrected chi connectivity index (χ2v) is 5.67. The van der Waals surface area contributed by atoms with Gasteiger partial charge in [-0.1, -0.05) is 0 Å². The monoisotopic (exact) mass is 284 g/mol. The Bertz CT molecular complexity index is 699. The molecule has 0 spiro atoms. The van der Waals surface area contributed by atoms with E-state index < -0.39 is 0 Å². The highest BCUT2D eigenvalue weighted by Crippen LogP contribution is 2.28. The minimum absolute atomic E-state index is 0.0342. The minimum atomic E-state index is 0.0342. The lowest BCUT2D eigenvalue weighted by Gasteiger charge is -2.11. The maximum absolute atomic E-state index is 12.3. The highest BCUT2D eigenvalue weighted by atomic mass is 16.1. The van der Waals surface area contributed by atoms with E-state index in [4.69, 9.17) is 0 Å². The van der Waals surface area contributed by atoms with Crippen LogP contribution in [0.2, 0.25) is 0 Å². The molecular weight excluding hydrogens is 264 g/mol. The van der Waals surface area contributed by atoms with Crippen LogP contribution in [-0.2, 0) is 11.2 Å². The van der Waals surface area contributed by atoms with Crippen molar-refractivity contribution < 1.29 is 4.79 Å². The van der Waals surface area contributed by atoms with Crippen LogP contribution in [0.5, 0.6) is 0 Å². The van der Waals surface area contributed by atoms with Gasteiger partial charge < -0.3 is 15.2 Å². The molecule has 21 heavy (non-hydrogen) atoms. The van der Waals surface area contributed by atoms with Gasteiger partial charge in [-0.05, 0) is 44.6 Å². The van der Waals surface area contributed by atoms with Crippen molar-refractivity contribution >= 4 is 23.0 Å². The number of hydrogen-bond donors (Lipinski definition) is 2. The number of nitrogens with one attached hydrogen (secondary N) is 2. The van der Waals surface area contributed by atoms with Gasteiger partial charge in [0, 0.05) is 42.0 Å². The van der Waals surface area contributed by atoms with Gasteiger partial charge in [0.15, 0.2) is 0 Å². The summed E-state index contributed by atoms with van der Waals surface area (Å²) in [5.41, 5.74) is 4.05. The molecule has 1 aliphatic carbocycles. The van der Waals surface area contributed by atoms with Crippen LogP contribution in [0, 0.1) is 0 Å². The topological polar surface area (TPSA) is 61.0 Å². The SMILES string of the molecule is CN(C)CCNC(=O)C1=Cc2c[nH]c3nccc(c23)CC1. The average Bonchev–Trinajstić information content (AvgIpc) is 2.76. The number of carbonyl (C=O) groups excluding carboxylic acids is 1. The van der Waals surface area contributed by atoms with Gasteiger partial charge in [-0.25, -0.2) is 4.98 Å². The molecule has 0 aliphatic heterocycles. The molecule has 2 aromatic rings. The lowest BCUT2D eigenvalue weighted by atomic mass is 10.1. The molecule has 2 heterocycles. The molecule has 0 unspecified atom stereocenters. The molecule has 5 heteroatoms. The first-order chi connectivity index (χ1) is 10.1. The third kappa shape index (κ3) is 2.83. The van der Waals surface area contributed by atoms with E-state index in [2.05, 4.69) is 20.2 Å². The van der Waals surface area contributed by atoms with Crippen molar-refractivity contribution in [2.45, 2.75) is 12.8 Å². The van der Waals surface area contributed by atoms with E-state index in [0.29, 0.717) is 6.54 Å². The Balaban J connectivity index is 1.81. The summed E-state index contributed by atoms with van der Waals surface area (Å²) in [4.78, 5) is 21.9. The van der Waals surface area contributed by atoms with Gasteiger partial charge >= 0.3 is 0 Å². The summed E-state index contributed by atoms with van der Waals surface area (Å²) in [6, 6.07) is 2.04. The van der Waals surface area contributed by atoms with Gasteiger partial charge in [-0.2, -0.15) is 0 Å². The van der Waals surface area contributed by atoms with Gasteiger partial charge in [0.2, 0.25) is 5.91 Å². The minimum Gasteiger partial charge on any atom is -0.351 e. The molecule has 1 amide bonds. The van der Waals surface area contributed by atoms with Gasteiger partial charge in [-0.15, -0.1) is 0 Å². The van der Waals surface area contributed by atoms with Crippen LogP contribution in [0.15, 0.2) is 24.0 Å². The molecule has 2 aromatic heterocycles. The summed E-state index contributed by atoms with van der Waals surface area (Å²) in [7, 11) is 3.99. The summed E-state index contributed by atoms with van der Waals surface area (Å²) in [5.74, 6) is 0.0342. The largest absolute Gasteiger partial charge is 0.351 e. The molecule has 0 atom stereocenters. The van der Waals surface area contributed by atoms with Crippen LogP contribution in [0.25, 0.3) is 17.1 Å². The van der Waals surface area contributed by atoms with E-state index in [1.54, 1.807) is 0 Å². The number of carbonyl (C=O) groups is 1. The van der Waals surface area contributed by atoms with Crippen LogP contribution in [-0.4, -0.2) is 48.0 Å². The number of aromatic nitrogens is 2. The van der Waals surface area contributed by atoms with Crippen LogP contribution in [0.4, 0.5) is 0 Å². The summed E-state index contributed by atoms with van der Waals surface area (Å²) >= 11 is 0. The van der Waals surface area contributed by atoms with E-state index in [1.807, 2.05) is 38.6 Å². The quantitative estimate of drug-likeness (QED) is 0.896. The second-order valence-electron chi connectivity index (χ2n) is 5.67. The predicted octanol–water partition coefficient (Wildman–Crippen LogP) is 1.57. The number of aromatic amines is 1. The van der Waals surface area contributed by atoms with Crippen molar-refractivity contribution in [3.05, 3.63) is 35.2 Å². The van der Waals surface area contributed by atoms with E-state index in [9.17, 15) is 4.79 Å². The molecule has 0 saturated heterocycles. The van der Waals surface area contributed by atoms with Crippen LogP contribution in [0.1, 0.15) is 17.5 Å². The van der Waals surface area contributed by atoms with Crippen molar-refractivity contribution in [1.82, 2.24) is 20.2 Å². The van der Waals surface area contributed by atoms with E-state index in [-0.39, 0.29) is 5.91 Å². The zero-order chi connectivity index (χ0) is 14.8. The normalized spacial score (nSPS) is 14.1. The van der Waals surface area contributed by atoms with Crippen molar-refractivity contribution in [2.75, 3.05) is 27.2 Å². The lowest BCUT2D eigenvalue weighted by molar-refractivity contribution is -0.117. The number of rotatable bonds is 4. The number of hydrogen-bond acceptors (Lipinski definition) is 3. The Morgan fingerprint density at radius 1 is 1.43 bits per heavy atom. The van der Waals surface area contributed by atoms with Gasteiger partial charge in [0.1, 0.15) is 5.65 Å². The molecule has 5 nitrogen and oxygen atoms in total. The molecule has 3 rings (SSSR count). The number of H-pyrrole nitrogens is 1. The fraction of sp³-hybridized carbons (Fsp3) is 0.375. The summed E-state index contributed by atoms with van der Waals surface area (Å²) in [6.07, 6.45) is 7.38. The Morgan fingerprint density at radius 3 is 3.10 bits per heavy atom. The van der Waals surface area contributed by atoms with Gasteiger partial charge in [0.05, 0.1) is 0 Å². The first kappa shape index (κ1) is 13.8. The third-order valence-corrected chi connectivity index (χ3v) is 3.82. The number of pyridine rings is 1. The highest BCUT2D eigenvalue weighted by molar-refractivity contribution is 6.01. The zero-order valence-electron chi connectivity index (χ0n) is 12.4. The van der Waals surface area contributed by atoms with Crippen LogP contribution >= 0.6 is 0 Å². The van der Waals surface area contributed by atoms with Crippen LogP contribution < -0.4 is 5.32 Å². The van der Waals surface area contributed by atoms with Crippen molar-refractivity contribution in [2.24, 2.45) is 0 Å². The summed E-state index contributed by atoms with van der Waals surface area (Å²) in [6.45, 7) is 1.51.